The number of amides is 2. The van der Waals surface area contributed by atoms with E-state index in [1.165, 1.54) is 0 Å². The second-order valence-electron chi connectivity index (χ2n) is 7.42. The van der Waals surface area contributed by atoms with Crippen LogP contribution in [0.15, 0.2) is 18.2 Å². The Balaban J connectivity index is 1.53. The van der Waals surface area contributed by atoms with E-state index in [2.05, 4.69) is 0 Å². The topological polar surface area (TPSA) is 49.9 Å². The molecule has 4 rings (SSSR count). The van der Waals surface area contributed by atoms with Gasteiger partial charge in [0, 0.05) is 31.0 Å². The van der Waals surface area contributed by atoms with Gasteiger partial charge >= 0.3 is 0 Å². The zero-order valence-electron chi connectivity index (χ0n) is 14.3. The second kappa shape index (κ2) is 5.80. The molecule has 2 bridgehead atoms. The molecule has 0 N–H and O–H groups in total. The van der Waals surface area contributed by atoms with Gasteiger partial charge in [0.1, 0.15) is 5.75 Å². The minimum absolute atomic E-state index is 0.0170. The van der Waals surface area contributed by atoms with E-state index in [0.717, 1.165) is 36.1 Å². The number of fused-ring (bicyclic) bond motifs is 3. The van der Waals surface area contributed by atoms with E-state index in [1.54, 1.807) is 0 Å². The summed E-state index contributed by atoms with van der Waals surface area (Å²) in [6.45, 7) is 5.93. The summed E-state index contributed by atoms with van der Waals surface area (Å²) in [5.74, 6) is 1.23. The maximum atomic E-state index is 13.1. The van der Waals surface area contributed by atoms with Crippen LogP contribution in [-0.2, 0) is 11.2 Å². The highest BCUT2D eigenvalue weighted by molar-refractivity contribution is 5.95. The molecule has 5 nitrogen and oxygen atoms in total. The lowest BCUT2D eigenvalue weighted by Gasteiger charge is -2.41. The highest BCUT2D eigenvalue weighted by Gasteiger charge is 2.44. The first kappa shape index (κ1) is 15.5. The first-order valence-electron chi connectivity index (χ1n) is 8.92. The fourth-order valence-electron chi connectivity index (χ4n) is 4.25. The van der Waals surface area contributed by atoms with Crippen LogP contribution in [0, 0.1) is 5.92 Å². The van der Waals surface area contributed by atoms with E-state index in [0.29, 0.717) is 19.7 Å². The number of carbonyl (C=O) groups is 2. The summed E-state index contributed by atoms with van der Waals surface area (Å²) in [6.07, 6.45) is 2.86. The molecular weight excluding hydrogens is 304 g/mol. The van der Waals surface area contributed by atoms with Crippen LogP contribution in [0.25, 0.3) is 0 Å². The van der Waals surface area contributed by atoms with Crippen molar-refractivity contribution in [3.8, 4) is 5.75 Å². The van der Waals surface area contributed by atoms with Crippen LogP contribution in [0.4, 0.5) is 0 Å². The molecular formula is C19H24N2O3. The molecule has 0 aromatic heterocycles. The van der Waals surface area contributed by atoms with Crippen molar-refractivity contribution in [2.75, 3.05) is 19.7 Å². The Bertz CT molecular complexity index is 671. The molecule has 3 heterocycles. The third-order valence-electron chi connectivity index (χ3n) is 5.46. The monoisotopic (exact) mass is 328 g/mol. The maximum Gasteiger partial charge on any atom is 0.254 e. The molecule has 1 aromatic rings. The van der Waals surface area contributed by atoms with E-state index in [9.17, 15) is 9.59 Å². The molecule has 0 radical (unpaired) electrons. The van der Waals surface area contributed by atoms with Crippen LogP contribution >= 0.6 is 0 Å². The van der Waals surface area contributed by atoms with Crippen molar-refractivity contribution < 1.29 is 14.3 Å². The third kappa shape index (κ3) is 2.46. The summed E-state index contributed by atoms with van der Waals surface area (Å²) in [4.78, 5) is 29.3. The molecule has 2 saturated heterocycles. The largest absolute Gasteiger partial charge is 0.493 e. The zero-order chi connectivity index (χ0) is 16.8. The van der Waals surface area contributed by atoms with Crippen LogP contribution in [0.2, 0.25) is 0 Å². The molecule has 128 valence electrons. The van der Waals surface area contributed by atoms with Crippen LogP contribution in [0.1, 0.15) is 42.6 Å². The lowest BCUT2D eigenvalue weighted by molar-refractivity contribution is -0.137. The number of rotatable bonds is 2. The standard InChI is InChI=1S/C19H24N2O3/c1-12(2)18(22)20-10-15-4-5-16(11-20)21(15)19(23)14-3-6-17-13(9-14)7-8-24-17/h3,6,9,12,15-16H,4-5,7-8,10-11H2,1-2H3. The first-order valence-corrected chi connectivity index (χ1v) is 8.92. The van der Waals surface area contributed by atoms with Gasteiger partial charge in [0.2, 0.25) is 5.91 Å². The Morgan fingerprint density at radius 1 is 1.17 bits per heavy atom. The molecule has 0 spiro atoms. The number of likely N-dealkylation sites (tertiary alicyclic amines) is 1. The van der Waals surface area contributed by atoms with Crippen molar-refractivity contribution >= 4 is 11.8 Å². The van der Waals surface area contributed by atoms with E-state index in [1.807, 2.05) is 41.8 Å². The number of hydrogen-bond donors (Lipinski definition) is 0. The molecule has 24 heavy (non-hydrogen) atoms. The minimum Gasteiger partial charge on any atom is -0.493 e. The lowest BCUT2D eigenvalue weighted by Crippen LogP contribution is -2.57. The number of piperazine rings is 1. The van der Waals surface area contributed by atoms with Crippen molar-refractivity contribution in [3.05, 3.63) is 29.3 Å². The molecule has 3 aliphatic rings. The van der Waals surface area contributed by atoms with Crippen molar-refractivity contribution in [1.82, 2.24) is 9.80 Å². The summed E-state index contributed by atoms with van der Waals surface area (Å²) in [5.41, 5.74) is 1.88. The van der Waals surface area contributed by atoms with Crippen LogP contribution in [-0.4, -0.2) is 53.4 Å². The first-order chi connectivity index (χ1) is 11.5. The lowest BCUT2D eigenvalue weighted by atomic mass is 10.0. The van der Waals surface area contributed by atoms with E-state index < -0.39 is 0 Å². The summed E-state index contributed by atoms with van der Waals surface area (Å²) in [7, 11) is 0. The van der Waals surface area contributed by atoms with Crippen LogP contribution in [0.3, 0.4) is 0 Å². The Labute approximate surface area is 142 Å². The van der Waals surface area contributed by atoms with Crippen molar-refractivity contribution in [2.24, 2.45) is 5.92 Å². The highest BCUT2D eigenvalue weighted by atomic mass is 16.5. The fraction of sp³-hybridized carbons (Fsp3) is 0.579. The normalized spacial score (nSPS) is 25.0. The van der Waals surface area contributed by atoms with Gasteiger partial charge in [0.05, 0.1) is 18.7 Å². The Hall–Kier alpha value is -2.04. The number of benzene rings is 1. The molecule has 3 aliphatic heterocycles. The number of hydrogen-bond acceptors (Lipinski definition) is 3. The zero-order valence-corrected chi connectivity index (χ0v) is 14.3. The maximum absolute atomic E-state index is 13.1. The van der Waals surface area contributed by atoms with Gasteiger partial charge in [-0.3, -0.25) is 9.59 Å². The van der Waals surface area contributed by atoms with Crippen molar-refractivity contribution in [1.29, 1.82) is 0 Å². The predicted octanol–water partition coefficient (Wildman–Crippen LogP) is 2.09. The molecule has 2 atom stereocenters. The molecule has 2 unspecified atom stereocenters. The summed E-state index contributed by atoms with van der Waals surface area (Å²) < 4.78 is 5.53. The summed E-state index contributed by atoms with van der Waals surface area (Å²) in [5, 5.41) is 0. The number of carbonyl (C=O) groups excluding carboxylic acids is 2. The average Bonchev–Trinajstić information content (AvgIpc) is 3.14. The van der Waals surface area contributed by atoms with Crippen LogP contribution in [0.5, 0.6) is 5.75 Å². The Kier molecular flexibility index (Phi) is 3.74. The highest BCUT2D eigenvalue weighted by Crippen LogP contribution is 2.33. The molecule has 2 amide bonds. The van der Waals surface area contributed by atoms with Gasteiger partial charge in [-0.1, -0.05) is 13.8 Å². The smallest absolute Gasteiger partial charge is 0.254 e. The average molecular weight is 328 g/mol. The van der Waals surface area contributed by atoms with Gasteiger partial charge in [-0.2, -0.15) is 0 Å². The van der Waals surface area contributed by atoms with E-state index >= 15 is 0 Å². The fourth-order valence-corrected chi connectivity index (χ4v) is 4.25. The predicted molar refractivity (Wildman–Crippen MR) is 90.0 cm³/mol. The summed E-state index contributed by atoms with van der Waals surface area (Å²) >= 11 is 0. The van der Waals surface area contributed by atoms with Crippen molar-refractivity contribution in [3.63, 3.8) is 0 Å². The van der Waals surface area contributed by atoms with Gasteiger partial charge in [0.25, 0.3) is 5.91 Å². The minimum atomic E-state index is 0.0170. The van der Waals surface area contributed by atoms with Gasteiger partial charge in [-0.15, -0.1) is 0 Å². The number of nitrogens with zero attached hydrogens (tertiary/aromatic N) is 2. The van der Waals surface area contributed by atoms with Gasteiger partial charge in [0.15, 0.2) is 0 Å². The number of ether oxygens (including phenoxy) is 1. The molecule has 2 fully saturated rings. The Morgan fingerprint density at radius 2 is 1.88 bits per heavy atom. The second-order valence-corrected chi connectivity index (χ2v) is 7.42. The van der Waals surface area contributed by atoms with Crippen LogP contribution < -0.4 is 4.74 Å². The molecule has 0 aliphatic carbocycles. The van der Waals surface area contributed by atoms with Gasteiger partial charge in [-0.25, -0.2) is 0 Å². The van der Waals surface area contributed by atoms with Gasteiger partial charge in [-0.05, 0) is 36.6 Å². The molecule has 5 heteroatoms. The molecule has 1 aromatic carbocycles. The van der Waals surface area contributed by atoms with E-state index in [-0.39, 0.29) is 29.8 Å². The van der Waals surface area contributed by atoms with Gasteiger partial charge < -0.3 is 14.5 Å². The third-order valence-corrected chi connectivity index (χ3v) is 5.46. The Morgan fingerprint density at radius 3 is 2.54 bits per heavy atom. The summed E-state index contributed by atoms with van der Waals surface area (Å²) in [6, 6.07) is 6.08. The quantitative estimate of drug-likeness (QED) is 0.835. The van der Waals surface area contributed by atoms with E-state index in [4.69, 9.17) is 4.74 Å². The SMILES string of the molecule is CC(C)C(=O)N1CC2CCC(C1)N2C(=O)c1ccc2c(c1)CCO2. The van der Waals surface area contributed by atoms with Crippen molar-refractivity contribution in [2.45, 2.75) is 45.2 Å². The molecule has 0 saturated carbocycles.